The molecule has 0 saturated carbocycles. The van der Waals surface area contributed by atoms with Crippen LogP contribution in [0, 0.1) is 10.1 Å². The lowest BCUT2D eigenvalue weighted by Gasteiger charge is -2.00. The maximum absolute atomic E-state index is 11.8. The number of benzene rings is 2. The molecular weight excluding hydrogens is 358 g/mol. The number of hydrazone groups is 1. The number of phenols is 1. The lowest BCUT2D eigenvalue weighted by atomic mass is 10.2. The number of carbonyl (C=O) groups excluding carboxylic acids is 1. The second-order valence-electron chi connectivity index (χ2n) is 5.11. The molecule has 0 unspecified atom stereocenters. The van der Waals surface area contributed by atoms with Crippen molar-refractivity contribution in [3.05, 3.63) is 58.1 Å². The number of fused-ring (bicyclic) bond motifs is 1. The summed E-state index contributed by atoms with van der Waals surface area (Å²) in [5.74, 6) is -0.804. The molecule has 1 heterocycles. The van der Waals surface area contributed by atoms with Crippen LogP contribution in [-0.4, -0.2) is 37.9 Å². The van der Waals surface area contributed by atoms with E-state index >= 15 is 0 Å². The molecule has 0 fully saturated rings. The van der Waals surface area contributed by atoms with Crippen LogP contribution < -0.4 is 5.43 Å². The topological polar surface area (TPSA) is 134 Å². The standard InChI is InChI=1S/C16H13N5O4S/c22-14(9-26-16-18-11-5-1-2-6-12(11)19-16)20-17-8-10-4-3-7-13(15(10)23)21(24)25/h1-8,23H,9H2,(H,18,19)(H,20,22)/b17-8+. The smallest absolute Gasteiger partial charge is 0.311 e. The number of nitrogens with one attached hydrogen (secondary N) is 2. The maximum Gasteiger partial charge on any atom is 0.311 e. The van der Waals surface area contributed by atoms with Gasteiger partial charge in [-0.3, -0.25) is 14.9 Å². The Labute approximate surface area is 151 Å². The number of hydrogen-bond donors (Lipinski definition) is 3. The largest absolute Gasteiger partial charge is 0.502 e. The van der Waals surface area contributed by atoms with E-state index in [9.17, 15) is 20.0 Å². The lowest BCUT2D eigenvalue weighted by Crippen LogP contribution is -2.19. The zero-order valence-corrected chi connectivity index (χ0v) is 14.1. The summed E-state index contributed by atoms with van der Waals surface area (Å²) in [4.78, 5) is 29.3. The minimum absolute atomic E-state index is 0.0814. The van der Waals surface area contributed by atoms with Crippen LogP contribution in [0.3, 0.4) is 0 Å². The number of para-hydroxylation sites is 3. The number of rotatable bonds is 6. The van der Waals surface area contributed by atoms with Crippen LogP contribution in [0.5, 0.6) is 5.75 Å². The molecule has 0 atom stereocenters. The molecule has 9 nitrogen and oxygen atoms in total. The van der Waals surface area contributed by atoms with Crippen LogP contribution in [0.25, 0.3) is 11.0 Å². The van der Waals surface area contributed by atoms with E-state index in [2.05, 4.69) is 20.5 Å². The van der Waals surface area contributed by atoms with Gasteiger partial charge in [0.15, 0.2) is 5.16 Å². The van der Waals surface area contributed by atoms with Gasteiger partial charge in [0.25, 0.3) is 5.91 Å². The molecule has 0 spiro atoms. The normalized spacial score (nSPS) is 11.1. The third-order valence-corrected chi connectivity index (χ3v) is 4.22. The Balaban J connectivity index is 1.56. The van der Waals surface area contributed by atoms with E-state index < -0.39 is 16.4 Å². The molecule has 3 rings (SSSR count). The summed E-state index contributed by atoms with van der Waals surface area (Å²) in [6.07, 6.45) is 1.14. The lowest BCUT2D eigenvalue weighted by molar-refractivity contribution is -0.385. The molecule has 0 bridgehead atoms. The highest BCUT2D eigenvalue weighted by Gasteiger charge is 2.15. The molecule has 0 saturated heterocycles. The van der Waals surface area contributed by atoms with E-state index in [1.807, 2.05) is 24.3 Å². The van der Waals surface area contributed by atoms with Gasteiger partial charge in [0.05, 0.1) is 27.9 Å². The first-order valence-corrected chi connectivity index (χ1v) is 8.39. The van der Waals surface area contributed by atoms with Gasteiger partial charge in [-0.2, -0.15) is 5.10 Å². The number of carbonyl (C=O) groups is 1. The van der Waals surface area contributed by atoms with Crippen molar-refractivity contribution in [3.63, 3.8) is 0 Å². The summed E-state index contributed by atoms with van der Waals surface area (Å²) in [6.45, 7) is 0. The third kappa shape index (κ3) is 3.98. The zero-order valence-electron chi connectivity index (χ0n) is 13.2. The number of imidazole rings is 1. The highest BCUT2D eigenvalue weighted by Crippen LogP contribution is 2.27. The van der Waals surface area contributed by atoms with Crippen molar-refractivity contribution in [1.82, 2.24) is 15.4 Å². The fraction of sp³-hybridized carbons (Fsp3) is 0.0625. The summed E-state index contributed by atoms with van der Waals surface area (Å²) in [5, 5.41) is 24.9. The van der Waals surface area contributed by atoms with Crippen molar-refractivity contribution in [3.8, 4) is 5.75 Å². The van der Waals surface area contributed by atoms with Crippen molar-refractivity contribution in [2.45, 2.75) is 5.16 Å². The highest BCUT2D eigenvalue weighted by atomic mass is 32.2. The monoisotopic (exact) mass is 371 g/mol. The number of hydrogen-bond acceptors (Lipinski definition) is 7. The first-order chi connectivity index (χ1) is 12.5. The van der Waals surface area contributed by atoms with Gasteiger partial charge < -0.3 is 10.1 Å². The van der Waals surface area contributed by atoms with Gasteiger partial charge in [-0.25, -0.2) is 10.4 Å². The Morgan fingerprint density at radius 1 is 1.35 bits per heavy atom. The van der Waals surface area contributed by atoms with Crippen molar-refractivity contribution >= 4 is 40.6 Å². The Bertz CT molecular complexity index is 968. The number of aromatic amines is 1. The maximum atomic E-state index is 11.8. The molecule has 10 heteroatoms. The van der Waals surface area contributed by atoms with Gasteiger partial charge in [0.2, 0.25) is 5.75 Å². The molecule has 3 N–H and O–H groups in total. The first kappa shape index (κ1) is 17.4. The third-order valence-electron chi connectivity index (χ3n) is 3.34. The number of amides is 1. The Kier molecular flexibility index (Phi) is 5.13. The molecule has 1 amide bonds. The van der Waals surface area contributed by atoms with Gasteiger partial charge in [-0.15, -0.1) is 0 Å². The van der Waals surface area contributed by atoms with E-state index in [0.29, 0.717) is 5.16 Å². The summed E-state index contributed by atoms with van der Waals surface area (Å²) in [7, 11) is 0. The van der Waals surface area contributed by atoms with Crippen LogP contribution in [-0.2, 0) is 4.79 Å². The Hall–Kier alpha value is -3.40. The molecule has 132 valence electrons. The quantitative estimate of drug-likeness (QED) is 0.264. The van der Waals surface area contributed by atoms with Crippen LogP contribution in [0.15, 0.2) is 52.7 Å². The zero-order chi connectivity index (χ0) is 18.5. The number of aromatic nitrogens is 2. The van der Waals surface area contributed by atoms with Crippen molar-refractivity contribution < 1.29 is 14.8 Å². The average molecular weight is 371 g/mol. The number of nitrogens with zero attached hydrogens (tertiary/aromatic N) is 3. The minimum Gasteiger partial charge on any atom is -0.502 e. The number of H-pyrrole nitrogens is 1. The van der Waals surface area contributed by atoms with Gasteiger partial charge in [0.1, 0.15) is 0 Å². The highest BCUT2D eigenvalue weighted by molar-refractivity contribution is 7.99. The number of phenolic OH excluding ortho intramolecular Hbond substituents is 1. The second kappa shape index (κ2) is 7.66. The van der Waals surface area contributed by atoms with Crippen LogP contribution in [0.1, 0.15) is 5.56 Å². The van der Waals surface area contributed by atoms with Crippen LogP contribution >= 0.6 is 11.8 Å². The molecule has 26 heavy (non-hydrogen) atoms. The summed E-state index contributed by atoms with van der Waals surface area (Å²) in [5.41, 5.74) is 3.70. The average Bonchev–Trinajstić information content (AvgIpc) is 3.04. The Morgan fingerprint density at radius 3 is 2.92 bits per heavy atom. The van der Waals surface area contributed by atoms with E-state index in [1.54, 1.807) is 0 Å². The van der Waals surface area contributed by atoms with E-state index in [0.717, 1.165) is 17.2 Å². The van der Waals surface area contributed by atoms with Gasteiger partial charge in [-0.05, 0) is 18.2 Å². The predicted molar refractivity (Wildman–Crippen MR) is 97.3 cm³/mol. The molecule has 0 aliphatic heterocycles. The van der Waals surface area contributed by atoms with Gasteiger partial charge in [0, 0.05) is 11.6 Å². The predicted octanol–water partition coefficient (Wildman–Crippen LogP) is 2.42. The van der Waals surface area contributed by atoms with Crippen LogP contribution in [0.2, 0.25) is 0 Å². The van der Waals surface area contributed by atoms with E-state index in [-0.39, 0.29) is 17.2 Å². The molecular formula is C16H13N5O4S. The van der Waals surface area contributed by atoms with E-state index in [4.69, 9.17) is 0 Å². The van der Waals surface area contributed by atoms with Gasteiger partial charge >= 0.3 is 5.69 Å². The van der Waals surface area contributed by atoms with Gasteiger partial charge in [-0.1, -0.05) is 30.0 Å². The van der Waals surface area contributed by atoms with Crippen molar-refractivity contribution in [1.29, 1.82) is 0 Å². The fourth-order valence-electron chi connectivity index (χ4n) is 2.14. The number of nitro benzene ring substituents is 1. The number of aromatic hydroxyl groups is 1. The Morgan fingerprint density at radius 2 is 2.15 bits per heavy atom. The van der Waals surface area contributed by atoms with Crippen LogP contribution in [0.4, 0.5) is 5.69 Å². The minimum atomic E-state index is -0.699. The van der Waals surface area contributed by atoms with Crippen molar-refractivity contribution in [2.24, 2.45) is 5.10 Å². The molecule has 1 aromatic heterocycles. The first-order valence-electron chi connectivity index (χ1n) is 7.40. The van der Waals surface area contributed by atoms with E-state index in [1.165, 1.54) is 30.0 Å². The number of nitro groups is 1. The second-order valence-corrected chi connectivity index (χ2v) is 6.08. The molecule has 0 aliphatic carbocycles. The SMILES string of the molecule is O=C(CSc1nc2ccccc2[nH]1)N/N=C/c1cccc([N+](=O)[O-])c1O. The summed E-state index contributed by atoms with van der Waals surface area (Å²) >= 11 is 1.22. The summed E-state index contributed by atoms with van der Waals surface area (Å²) < 4.78 is 0. The molecule has 2 aromatic carbocycles. The summed E-state index contributed by atoms with van der Waals surface area (Å²) in [6, 6.07) is 11.6. The molecule has 0 aliphatic rings. The fourth-order valence-corrected chi connectivity index (χ4v) is 2.82. The molecule has 3 aromatic rings. The van der Waals surface area contributed by atoms with Crippen molar-refractivity contribution in [2.75, 3.05) is 5.75 Å². The number of thioether (sulfide) groups is 1. The molecule has 0 radical (unpaired) electrons.